The Kier molecular flexibility index (Phi) is 5.82. The van der Waals surface area contributed by atoms with Crippen LogP contribution in [-0.2, 0) is 9.53 Å². The van der Waals surface area contributed by atoms with Crippen molar-refractivity contribution in [3.63, 3.8) is 0 Å². The van der Waals surface area contributed by atoms with Crippen LogP contribution in [-0.4, -0.2) is 25.7 Å². The van der Waals surface area contributed by atoms with Gasteiger partial charge in [-0.05, 0) is 31.9 Å². The molecule has 1 unspecified atom stereocenters. The van der Waals surface area contributed by atoms with E-state index in [2.05, 4.69) is 44.3 Å². The van der Waals surface area contributed by atoms with Crippen molar-refractivity contribution in [3.05, 3.63) is 34.9 Å². The normalized spacial score (nSPS) is 12.4. The van der Waals surface area contributed by atoms with Gasteiger partial charge in [-0.3, -0.25) is 4.79 Å². The van der Waals surface area contributed by atoms with Crippen molar-refractivity contribution < 1.29 is 9.53 Å². The first-order valence-electron chi connectivity index (χ1n) is 6.17. The molecular weight excluding hydrogens is 228 g/mol. The summed E-state index contributed by atoms with van der Waals surface area (Å²) < 4.78 is 5.09. The minimum Gasteiger partial charge on any atom is -0.370 e. The van der Waals surface area contributed by atoms with Crippen LogP contribution in [0.3, 0.4) is 0 Å². The zero-order valence-corrected chi connectivity index (χ0v) is 11.3. The molecule has 0 saturated heterocycles. The molecular formula is C14H22N2O2. The molecule has 0 aliphatic carbocycles. The van der Waals surface area contributed by atoms with Crippen LogP contribution >= 0.6 is 0 Å². The van der Waals surface area contributed by atoms with Gasteiger partial charge in [-0.25, -0.2) is 0 Å². The molecule has 0 radical (unpaired) electrons. The first kappa shape index (κ1) is 14.7. The number of primary amides is 1. The first-order valence-corrected chi connectivity index (χ1v) is 6.17. The number of hydrogen-bond donors (Lipinski definition) is 2. The zero-order valence-electron chi connectivity index (χ0n) is 11.3. The van der Waals surface area contributed by atoms with Gasteiger partial charge >= 0.3 is 0 Å². The predicted molar refractivity (Wildman–Crippen MR) is 72.3 cm³/mol. The highest BCUT2D eigenvalue weighted by Gasteiger charge is 2.07. The van der Waals surface area contributed by atoms with Crippen LogP contribution < -0.4 is 11.1 Å². The third kappa shape index (κ3) is 4.85. The summed E-state index contributed by atoms with van der Waals surface area (Å²) >= 11 is 0. The summed E-state index contributed by atoms with van der Waals surface area (Å²) in [6, 6.07) is 6.70. The van der Waals surface area contributed by atoms with Gasteiger partial charge in [-0.1, -0.05) is 23.8 Å². The lowest BCUT2D eigenvalue weighted by Crippen LogP contribution is -2.26. The molecule has 0 fully saturated rings. The number of rotatable bonds is 7. The smallest absolute Gasteiger partial charge is 0.243 e. The monoisotopic (exact) mass is 250 g/mol. The summed E-state index contributed by atoms with van der Waals surface area (Å²) in [6.45, 7) is 7.49. The van der Waals surface area contributed by atoms with E-state index >= 15 is 0 Å². The topological polar surface area (TPSA) is 64.3 Å². The summed E-state index contributed by atoms with van der Waals surface area (Å²) in [4.78, 5) is 10.5. The fraction of sp³-hybridized carbons (Fsp3) is 0.500. The van der Waals surface area contributed by atoms with E-state index in [1.54, 1.807) is 0 Å². The molecule has 0 heterocycles. The number of amides is 1. The number of nitrogens with one attached hydrogen (secondary N) is 1. The highest BCUT2D eigenvalue weighted by molar-refractivity contribution is 5.74. The second-order valence-corrected chi connectivity index (χ2v) is 4.55. The number of hydrogen-bond acceptors (Lipinski definition) is 3. The molecule has 4 heteroatoms. The Labute approximate surface area is 109 Å². The van der Waals surface area contributed by atoms with E-state index in [0.29, 0.717) is 13.2 Å². The average Bonchev–Trinajstić information content (AvgIpc) is 2.27. The molecule has 100 valence electrons. The average molecular weight is 250 g/mol. The largest absolute Gasteiger partial charge is 0.370 e. The van der Waals surface area contributed by atoms with E-state index in [9.17, 15) is 4.79 Å². The van der Waals surface area contributed by atoms with Gasteiger partial charge in [-0.2, -0.15) is 0 Å². The van der Waals surface area contributed by atoms with Crippen molar-refractivity contribution in [2.24, 2.45) is 5.73 Å². The van der Waals surface area contributed by atoms with E-state index in [4.69, 9.17) is 10.5 Å². The van der Waals surface area contributed by atoms with Gasteiger partial charge in [0.25, 0.3) is 0 Å². The minimum absolute atomic E-state index is 0.0143. The van der Waals surface area contributed by atoms with Crippen LogP contribution in [0.5, 0.6) is 0 Å². The lowest BCUT2D eigenvalue weighted by molar-refractivity contribution is -0.122. The van der Waals surface area contributed by atoms with E-state index in [1.165, 1.54) is 16.7 Å². The van der Waals surface area contributed by atoms with Gasteiger partial charge in [-0.15, -0.1) is 0 Å². The predicted octanol–water partition coefficient (Wildman–Crippen LogP) is 1.46. The molecule has 1 amide bonds. The lowest BCUT2D eigenvalue weighted by Gasteiger charge is -2.17. The van der Waals surface area contributed by atoms with Gasteiger partial charge in [0.1, 0.15) is 6.61 Å². The molecule has 3 N–H and O–H groups in total. The van der Waals surface area contributed by atoms with Crippen molar-refractivity contribution in [3.8, 4) is 0 Å². The Bertz CT molecular complexity index is 405. The van der Waals surface area contributed by atoms with Gasteiger partial charge in [0.15, 0.2) is 0 Å². The molecule has 18 heavy (non-hydrogen) atoms. The molecule has 1 aromatic carbocycles. The number of nitrogens with two attached hydrogens (primary N) is 1. The first-order chi connectivity index (χ1) is 8.50. The van der Waals surface area contributed by atoms with Crippen LogP contribution in [0.25, 0.3) is 0 Å². The number of ether oxygens (including phenoxy) is 1. The maximum Gasteiger partial charge on any atom is 0.243 e. The summed E-state index contributed by atoms with van der Waals surface area (Å²) in [7, 11) is 0. The van der Waals surface area contributed by atoms with E-state index in [1.807, 2.05) is 0 Å². The van der Waals surface area contributed by atoms with Crippen LogP contribution in [0.15, 0.2) is 18.2 Å². The van der Waals surface area contributed by atoms with Crippen molar-refractivity contribution in [2.75, 3.05) is 19.8 Å². The van der Waals surface area contributed by atoms with Gasteiger partial charge in [0.2, 0.25) is 5.91 Å². The molecule has 0 saturated carbocycles. The standard InChI is InChI=1S/C14H22N2O2/c1-10-4-5-13(11(2)8-10)12(3)16-6-7-18-9-14(15)17/h4-5,8,12,16H,6-7,9H2,1-3H3,(H2,15,17). The highest BCUT2D eigenvalue weighted by Crippen LogP contribution is 2.18. The number of aryl methyl sites for hydroxylation is 2. The molecule has 1 atom stereocenters. The Balaban J connectivity index is 2.36. The van der Waals surface area contributed by atoms with Gasteiger partial charge in [0, 0.05) is 12.6 Å². The third-order valence-electron chi connectivity index (χ3n) is 2.83. The second-order valence-electron chi connectivity index (χ2n) is 4.55. The summed E-state index contributed by atoms with van der Waals surface area (Å²) in [5, 5.41) is 3.36. The quantitative estimate of drug-likeness (QED) is 0.720. The molecule has 0 aliphatic heterocycles. The van der Waals surface area contributed by atoms with Crippen molar-refractivity contribution in [2.45, 2.75) is 26.8 Å². The Hall–Kier alpha value is -1.39. The van der Waals surface area contributed by atoms with Crippen molar-refractivity contribution in [1.29, 1.82) is 0 Å². The van der Waals surface area contributed by atoms with Crippen LogP contribution in [0.4, 0.5) is 0 Å². The Morgan fingerprint density at radius 3 is 2.78 bits per heavy atom. The number of carbonyl (C=O) groups excluding carboxylic acids is 1. The SMILES string of the molecule is Cc1ccc(C(C)NCCOCC(N)=O)c(C)c1. The Morgan fingerprint density at radius 2 is 2.17 bits per heavy atom. The molecule has 0 bridgehead atoms. The van der Waals surface area contributed by atoms with Crippen molar-refractivity contribution >= 4 is 5.91 Å². The third-order valence-corrected chi connectivity index (χ3v) is 2.83. The number of benzene rings is 1. The maximum absolute atomic E-state index is 10.5. The summed E-state index contributed by atoms with van der Waals surface area (Å²) in [6.07, 6.45) is 0. The van der Waals surface area contributed by atoms with E-state index in [-0.39, 0.29) is 12.6 Å². The maximum atomic E-state index is 10.5. The fourth-order valence-electron chi connectivity index (χ4n) is 1.94. The van der Waals surface area contributed by atoms with E-state index in [0.717, 1.165) is 0 Å². The Morgan fingerprint density at radius 1 is 1.44 bits per heavy atom. The second kappa shape index (κ2) is 7.13. The molecule has 0 aromatic heterocycles. The molecule has 0 aliphatic rings. The van der Waals surface area contributed by atoms with Crippen LogP contribution in [0.2, 0.25) is 0 Å². The highest BCUT2D eigenvalue weighted by atomic mass is 16.5. The van der Waals surface area contributed by atoms with Gasteiger partial charge in [0.05, 0.1) is 6.61 Å². The van der Waals surface area contributed by atoms with E-state index < -0.39 is 5.91 Å². The molecule has 1 aromatic rings. The van der Waals surface area contributed by atoms with Crippen LogP contribution in [0.1, 0.15) is 29.7 Å². The molecule has 0 spiro atoms. The molecule has 1 rings (SSSR count). The fourth-order valence-corrected chi connectivity index (χ4v) is 1.94. The van der Waals surface area contributed by atoms with Gasteiger partial charge < -0.3 is 15.8 Å². The summed E-state index contributed by atoms with van der Waals surface area (Å²) in [5.74, 6) is -0.433. The number of carbonyl (C=O) groups is 1. The minimum atomic E-state index is -0.433. The molecule has 4 nitrogen and oxygen atoms in total. The van der Waals surface area contributed by atoms with Crippen LogP contribution in [0, 0.1) is 13.8 Å². The lowest BCUT2D eigenvalue weighted by atomic mass is 10.0. The van der Waals surface area contributed by atoms with Crippen molar-refractivity contribution in [1.82, 2.24) is 5.32 Å². The summed E-state index contributed by atoms with van der Waals surface area (Å²) in [5.41, 5.74) is 8.82. The zero-order chi connectivity index (χ0) is 13.5.